The minimum atomic E-state index is -0.461. The topological polar surface area (TPSA) is 66.8 Å². The van der Waals surface area contributed by atoms with Gasteiger partial charge in [-0.1, -0.05) is 34.1 Å². The van der Waals surface area contributed by atoms with Crippen LogP contribution in [0.3, 0.4) is 0 Å². The lowest BCUT2D eigenvalue weighted by Gasteiger charge is -2.28. The van der Waals surface area contributed by atoms with Gasteiger partial charge in [0.15, 0.2) is 5.78 Å². The van der Waals surface area contributed by atoms with Crippen molar-refractivity contribution in [2.24, 2.45) is 0 Å². The second-order valence-electron chi connectivity index (χ2n) is 5.38. The first-order valence-electron chi connectivity index (χ1n) is 7.15. The van der Waals surface area contributed by atoms with Gasteiger partial charge < -0.3 is 14.9 Å². The minimum Gasteiger partial charge on any atom is -0.507 e. The lowest BCUT2D eigenvalue weighted by molar-refractivity contribution is 0.0842. The number of hydrogen-bond acceptors (Lipinski definition) is 4. The summed E-state index contributed by atoms with van der Waals surface area (Å²) in [5.74, 6) is -0.338. The molecule has 1 aliphatic heterocycles. The number of carbonyl (C=O) groups excluding carboxylic acids is 1. The third kappa shape index (κ3) is 2.84. The maximum atomic E-state index is 12.5. The maximum Gasteiger partial charge on any atom is 0.174 e. The van der Waals surface area contributed by atoms with Crippen LogP contribution in [0, 0.1) is 0 Å². The van der Waals surface area contributed by atoms with Gasteiger partial charge >= 0.3 is 0 Å². The van der Waals surface area contributed by atoms with Gasteiger partial charge in [0.2, 0.25) is 0 Å². The summed E-state index contributed by atoms with van der Waals surface area (Å²) in [5.41, 5.74) is 1.44. The number of phenolic OH excluding ortho intramolecular Hbond substituents is 2. The molecule has 118 valence electrons. The highest BCUT2D eigenvalue weighted by atomic mass is 79.9. The quantitative estimate of drug-likeness (QED) is 0.786. The van der Waals surface area contributed by atoms with Gasteiger partial charge in [-0.3, -0.25) is 4.79 Å². The highest BCUT2D eigenvalue weighted by Gasteiger charge is 2.33. The van der Waals surface area contributed by atoms with Crippen LogP contribution in [0.15, 0.2) is 47.5 Å². The molecule has 4 nitrogen and oxygen atoms in total. The molecule has 1 atom stereocenters. The summed E-state index contributed by atoms with van der Waals surface area (Å²) < 4.78 is 6.87. The van der Waals surface area contributed by atoms with Gasteiger partial charge in [-0.2, -0.15) is 0 Å². The first-order chi connectivity index (χ1) is 11.0. The van der Waals surface area contributed by atoms with E-state index in [4.69, 9.17) is 4.74 Å². The van der Waals surface area contributed by atoms with Crippen LogP contribution in [0.5, 0.6) is 17.2 Å². The molecule has 2 aromatic rings. The monoisotopic (exact) mass is 374 g/mol. The number of halogens is 1. The Morgan fingerprint density at radius 2 is 2.09 bits per heavy atom. The Labute approximate surface area is 142 Å². The summed E-state index contributed by atoms with van der Waals surface area (Å²) in [7, 11) is 0. The number of hydrogen-bond donors (Lipinski definition) is 2. The van der Waals surface area contributed by atoms with E-state index in [0.717, 1.165) is 10.0 Å². The number of benzene rings is 2. The zero-order valence-corrected chi connectivity index (χ0v) is 13.8. The van der Waals surface area contributed by atoms with E-state index >= 15 is 0 Å². The van der Waals surface area contributed by atoms with E-state index in [1.807, 2.05) is 24.3 Å². The molecule has 0 spiro atoms. The summed E-state index contributed by atoms with van der Waals surface area (Å²) in [4.78, 5) is 12.5. The molecule has 2 N–H and O–H groups in total. The third-order valence-corrected chi connectivity index (χ3v) is 4.31. The summed E-state index contributed by atoms with van der Waals surface area (Å²) in [5, 5.41) is 20.1. The average Bonchev–Trinajstić information content (AvgIpc) is 2.50. The number of ether oxygens (including phenoxy) is 1. The molecule has 1 unspecified atom stereocenters. The van der Waals surface area contributed by atoms with Crippen molar-refractivity contribution in [3.63, 3.8) is 0 Å². The van der Waals surface area contributed by atoms with E-state index in [2.05, 4.69) is 22.5 Å². The smallest absolute Gasteiger partial charge is 0.174 e. The normalized spacial score (nSPS) is 16.6. The van der Waals surface area contributed by atoms with Crippen molar-refractivity contribution in [1.82, 2.24) is 0 Å². The number of Topliss-reactive ketones (excluding diaryl/α,β-unsaturated/α-hetero) is 1. The predicted molar refractivity (Wildman–Crippen MR) is 90.1 cm³/mol. The fraction of sp³-hybridized carbons (Fsp3) is 0.167. The zero-order chi connectivity index (χ0) is 16.6. The fourth-order valence-electron chi connectivity index (χ4n) is 2.76. The molecule has 23 heavy (non-hydrogen) atoms. The van der Waals surface area contributed by atoms with Crippen molar-refractivity contribution in [2.75, 3.05) is 0 Å². The van der Waals surface area contributed by atoms with Crippen molar-refractivity contribution >= 4 is 21.7 Å². The van der Waals surface area contributed by atoms with E-state index < -0.39 is 6.10 Å². The number of phenols is 2. The third-order valence-electron chi connectivity index (χ3n) is 3.82. The van der Waals surface area contributed by atoms with Crippen LogP contribution < -0.4 is 4.74 Å². The van der Waals surface area contributed by atoms with E-state index in [0.29, 0.717) is 12.0 Å². The van der Waals surface area contributed by atoms with Crippen LogP contribution in [-0.2, 0) is 6.42 Å². The Kier molecular flexibility index (Phi) is 4.13. The van der Waals surface area contributed by atoms with Crippen LogP contribution in [0.1, 0.15) is 34.0 Å². The van der Waals surface area contributed by atoms with Crippen molar-refractivity contribution in [3.8, 4) is 17.2 Å². The van der Waals surface area contributed by atoms with Crippen LogP contribution in [0.4, 0.5) is 0 Å². The number of rotatable bonds is 3. The summed E-state index contributed by atoms with van der Waals surface area (Å²) >= 11 is 3.40. The first kappa shape index (κ1) is 15.6. The second-order valence-corrected chi connectivity index (χ2v) is 6.29. The standard InChI is InChI=1S/C18H15BrO4/c1-2-4-12-13(20)8-14(21)17-15(22)9-16(23-18(12)17)10-5-3-6-11(19)7-10/h2-3,5-8,16,20-21H,1,4,9H2. The van der Waals surface area contributed by atoms with Gasteiger partial charge in [0.25, 0.3) is 0 Å². The number of fused-ring (bicyclic) bond motifs is 1. The molecule has 0 saturated heterocycles. The molecular weight excluding hydrogens is 360 g/mol. The van der Waals surface area contributed by atoms with Crippen LogP contribution >= 0.6 is 15.9 Å². The molecule has 0 amide bonds. The Balaban J connectivity index is 2.11. The van der Waals surface area contributed by atoms with Gasteiger partial charge in [0.1, 0.15) is 28.9 Å². The maximum absolute atomic E-state index is 12.5. The molecule has 0 aromatic heterocycles. The molecule has 0 aliphatic carbocycles. The van der Waals surface area contributed by atoms with E-state index in [1.54, 1.807) is 6.08 Å². The first-order valence-corrected chi connectivity index (χ1v) is 7.94. The lowest BCUT2D eigenvalue weighted by Crippen LogP contribution is -2.21. The molecule has 2 aromatic carbocycles. The van der Waals surface area contributed by atoms with Gasteiger partial charge in [-0.05, 0) is 24.1 Å². The van der Waals surface area contributed by atoms with Crippen LogP contribution in [0.2, 0.25) is 0 Å². The fourth-order valence-corrected chi connectivity index (χ4v) is 3.18. The zero-order valence-electron chi connectivity index (χ0n) is 12.3. The van der Waals surface area contributed by atoms with E-state index in [1.165, 1.54) is 6.07 Å². The van der Waals surface area contributed by atoms with E-state index in [-0.39, 0.29) is 35.0 Å². The number of allylic oxidation sites excluding steroid dienone is 1. The average molecular weight is 375 g/mol. The number of ketones is 1. The summed E-state index contributed by atoms with van der Waals surface area (Å²) in [6.07, 6.45) is 1.63. The van der Waals surface area contributed by atoms with Gasteiger partial charge in [0, 0.05) is 16.1 Å². The Morgan fingerprint density at radius 1 is 1.30 bits per heavy atom. The Morgan fingerprint density at radius 3 is 2.78 bits per heavy atom. The summed E-state index contributed by atoms with van der Waals surface area (Å²) in [6.45, 7) is 3.66. The van der Waals surface area contributed by atoms with Gasteiger partial charge in [-0.15, -0.1) is 6.58 Å². The van der Waals surface area contributed by atoms with Crippen molar-refractivity contribution < 1.29 is 19.7 Å². The number of aromatic hydroxyl groups is 2. The minimum absolute atomic E-state index is 0.108. The van der Waals surface area contributed by atoms with Crippen LogP contribution in [0.25, 0.3) is 0 Å². The van der Waals surface area contributed by atoms with Crippen molar-refractivity contribution in [2.45, 2.75) is 18.9 Å². The SMILES string of the molecule is C=CCc1c(O)cc(O)c2c1OC(c1cccc(Br)c1)CC2=O. The molecule has 5 heteroatoms. The highest BCUT2D eigenvalue weighted by molar-refractivity contribution is 9.10. The molecule has 0 radical (unpaired) electrons. The molecule has 0 fully saturated rings. The Bertz CT molecular complexity index is 798. The van der Waals surface area contributed by atoms with Gasteiger partial charge in [0.05, 0.1) is 6.42 Å². The molecular formula is C18H15BrO4. The second kappa shape index (κ2) is 6.08. The van der Waals surface area contributed by atoms with Crippen molar-refractivity contribution in [3.05, 3.63) is 64.1 Å². The number of carbonyl (C=O) groups is 1. The van der Waals surface area contributed by atoms with Crippen molar-refractivity contribution in [1.29, 1.82) is 0 Å². The van der Waals surface area contributed by atoms with E-state index in [9.17, 15) is 15.0 Å². The molecule has 0 bridgehead atoms. The molecule has 0 saturated carbocycles. The molecule has 1 heterocycles. The molecule has 1 aliphatic rings. The largest absolute Gasteiger partial charge is 0.507 e. The van der Waals surface area contributed by atoms with Crippen LogP contribution in [-0.4, -0.2) is 16.0 Å². The molecule has 3 rings (SSSR count). The summed E-state index contributed by atoms with van der Waals surface area (Å²) in [6, 6.07) is 8.71. The predicted octanol–water partition coefficient (Wildman–Crippen LogP) is 4.30. The Hall–Kier alpha value is -2.27. The highest BCUT2D eigenvalue weighted by Crippen LogP contribution is 2.45. The lowest BCUT2D eigenvalue weighted by atomic mass is 9.92. The van der Waals surface area contributed by atoms with Gasteiger partial charge in [-0.25, -0.2) is 0 Å².